The fourth-order valence-corrected chi connectivity index (χ4v) is 3.31. The van der Waals surface area contributed by atoms with E-state index in [0.717, 1.165) is 24.9 Å². The summed E-state index contributed by atoms with van der Waals surface area (Å²) in [5, 5.41) is 14.2. The van der Waals surface area contributed by atoms with Crippen LogP contribution in [0.4, 0.5) is 13.2 Å². The van der Waals surface area contributed by atoms with Crippen molar-refractivity contribution >= 4 is 0 Å². The zero-order valence-corrected chi connectivity index (χ0v) is 13.9. The van der Waals surface area contributed by atoms with Crippen LogP contribution in [0.3, 0.4) is 0 Å². The van der Waals surface area contributed by atoms with Gasteiger partial charge in [-0.2, -0.15) is 18.3 Å². The van der Waals surface area contributed by atoms with Gasteiger partial charge in [-0.3, -0.25) is 4.90 Å². The van der Waals surface area contributed by atoms with Gasteiger partial charge < -0.3 is 5.11 Å². The molecule has 5 nitrogen and oxygen atoms in total. The second-order valence-corrected chi connectivity index (χ2v) is 6.36. The van der Waals surface area contributed by atoms with E-state index < -0.39 is 17.8 Å². The molecule has 1 saturated heterocycles. The molecule has 0 radical (unpaired) electrons. The number of β-amino-alcohol motifs (C(OH)–C–C–N with tert-alkyl or cyclic N) is 1. The molecule has 1 aliphatic rings. The largest absolute Gasteiger partial charge is 0.416 e. The number of likely N-dealkylation sites (tertiary alicyclic amines) is 1. The molecule has 0 amide bonds. The first-order valence-corrected chi connectivity index (χ1v) is 8.34. The van der Waals surface area contributed by atoms with Gasteiger partial charge in [-0.25, -0.2) is 9.67 Å². The molecule has 136 valence electrons. The number of aliphatic hydroxyl groups is 1. The van der Waals surface area contributed by atoms with Gasteiger partial charge in [0.05, 0.1) is 18.2 Å². The van der Waals surface area contributed by atoms with Crippen molar-refractivity contribution in [3.8, 4) is 0 Å². The third kappa shape index (κ3) is 4.01. The zero-order valence-electron chi connectivity index (χ0n) is 13.9. The summed E-state index contributed by atoms with van der Waals surface area (Å²) in [7, 11) is 0. The maximum atomic E-state index is 13.0. The number of halogens is 3. The summed E-state index contributed by atoms with van der Waals surface area (Å²) in [5.41, 5.74) is -0.103. The van der Waals surface area contributed by atoms with Gasteiger partial charge in [-0.15, -0.1) is 0 Å². The standard InChI is InChI=1S/C17H21F3N4O/c1-2-6-24-16(21-11-22-24)10-23-9-14(25)8-15(23)12-4-3-5-13(7-12)17(18,19)20/h3-5,7,11,14-15,25H,2,6,8-10H2,1H3/t14-,15+/m0/s1. The normalized spacial score (nSPS) is 21.8. The lowest BCUT2D eigenvalue weighted by Gasteiger charge is -2.24. The number of aromatic nitrogens is 3. The highest BCUT2D eigenvalue weighted by atomic mass is 19.4. The van der Waals surface area contributed by atoms with Gasteiger partial charge in [0.25, 0.3) is 0 Å². The quantitative estimate of drug-likeness (QED) is 0.897. The molecule has 0 spiro atoms. The third-order valence-electron chi connectivity index (χ3n) is 4.46. The summed E-state index contributed by atoms with van der Waals surface area (Å²) in [4.78, 5) is 6.23. The van der Waals surface area contributed by atoms with Crippen LogP contribution in [-0.4, -0.2) is 37.4 Å². The molecule has 2 atom stereocenters. The van der Waals surface area contributed by atoms with Crippen molar-refractivity contribution in [1.29, 1.82) is 0 Å². The minimum Gasteiger partial charge on any atom is -0.392 e. The molecule has 0 bridgehead atoms. The number of hydrogen-bond acceptors (Lipinski definition) is 4. The van der Waals surface area contributed by atoms with Crippen LogP contribution < -0.4 is 0 Å². The molecule has 2 heterocycles. The summed E-state index contributed by atoms with van der Waals surface area (Å²) < 4.78 is 40.8. The fraction of sp³-hybridized carbons (Fsp3) is 0.529. The Balaban J connectivity index is 1.84. The van der Waals surface area contributed by atoms with E-state index in [1.54, 1.807) is 10.7 Å². The molecule has 1 aliphatic heterocycles. The van der Waals surface area contributed by atoms with Crippen LogP contribution in [0.5, 0.6) is 0 Å². The maximum Gasteiger partial charge on any atom is 0.416 e. The van der Waals surface area contributed by atoms with Gasteiger partial charge in [0.1, 0.15) is 12.2 Å². The zero-order chi connectivity index (χ0) is 18.0. The van der Waals surface area contributed by atoms with Crippen LogP contribution in [0.15, 0.2) is 30.6 Å². The lowest BCUT2D eigenvalue weighted by molar-refractivity contribution is -0.137. The minimum absolute atomic E-state index is 0.274. The fourth-order valence-electron chi connectivity index (χ4n) is 3.31. The summed E-state index contributed by atoms with van der Waals surface area (Å²) >= 11 is 0. The molecule has 2 aromatic rings. The van der Waals surface area contributed by atoms with Crippen LogP contribution >= 0.6 is 0 Å². The highest BCUT2D eigenvalue weighted by Gasteiger charge is 2.35. The lowest BCUT2D eigenvalue weighted by Crippen LogP contribution is -2.26. The predicted molar refractivity (Wildman–Crippen MR) is 85.5 cm³/mol. The number of nitrogens with zero attached hydrogens (tertiary/aromatic N) is 4. The average molecular weight is 354 g/mol. The van der Waals surface area contributed by atoms with E-state index in [1.807, 2.05) is 11.8 Å². The summed E-state index contributed by atoms with van der Waals surface area (Å²) in [6.45, 7) is 3.62. The van der Waals surface area contributed by atoms with Crippen LogP contribution in [-0.2, 0) is 19.3 Å². The van der Waals surface area contributed by atoms with E-state index in [-0.39, 0.29) is 6.04 Å². The molecule has 0 aliphatic carbocycles. The van der Waals surface area contributed by atoms with Crippen molar-refractivity contribution < 1.29 is 18.3 Å². The minimum atomic E-state index is -4.38. The van der Waals surface area contributed by atoms with Crippen LogP contribution in [0.1, 0.15) is 42.8 Å². The van der Waals surface area contributed by atoms with E-state index in [4.69, 9.17) is 0 Å². The lowest BCUT2D eigenvalue weighted by atomic mass is 10.0. The number of benzene rings is 1. The maximum absolute atomic E-state index is 13.0. The first-order valence-electron chi connectivity index (χ1n) is 8.34. The molecule has 1 fully saturated rings. The number of aliphatic hydroxyl groups excluding tert-OH is 1. The van der Waals surface area contributed by atoms with Gasteiger partial charge in [0.15, 0.2) is 0 Å². The van der Waals surface area contributed by atoms with E-state index in [1.165, 1.54) is 18.5 Å². The Morgan fingerprint density at radius 3 is 2.84 bits per heavy atom. The molecule has 0 unspecified atom stereocenters. The van der Waals surface area contributed by atoms with E-state index >= 15 is 0 Å². The molecular weight excluding hydrogens is 333 g/mol. The van der Waals surface area contributed by atoms with E-state index in [0.29, 0.717) is 25.1 Å². The Morgan fingerprint density at radius 2 is 2.12 bits per heavy atom. The van der Waals surface area contributed by atoms with E-state index in [9.17, 15) is 18.3 Å². The Hall–Kier alpha value is -1.93. The highest BCUT2D eigenvalue weighted by molar-refractivity contribution is 5.29. The molecule has 1 N–H and O–H groups in total. The van der Waals surface area contributed by atoms with Crippen molar-refractivity contribution in [3.63, 3.8) is 0 Å². The molecule has 0 saturated carbocycles. The molecular formula is C17H21F3N4O. The van der Waals surface area contributed by atoms with Crippen molar-refractivity contribution in [3.05, 3.63) is 47.5 Å². The van der Waals surface area contributed by atoms with Gasteiger partial charge in [-0.05, 0) is 30.5 Å². The van der Waals surface area contributed by atoms with Crippen molar-refractivity contribution in [1.82, 2.24) is 19.7 Å². The molecule has 3 rings (SSSR count). The smallest absolute Gasteiger partial charge is 0.392 e. The second kappa shape index (κ2) is 7.13. The van der Waals surface area contributed by atoms with Crippen molar-refractivity contribution in [2.45, 2.75) is 51.2 Å². The summed E-state index contributed by atoms with van der Waals surface area (Å²) in [6.07, 6.45) is -2.14. The average Bonchev–Trinajstić information content (AvgIpc) is 3.14. The van der Waals surface area contributed by atoms with Crippen molar-refractivity contribution in [2.24, 2.45) is 0 Å². The Kier molecular flexibility index (Phi) is 5.10. The first kappa shape index (κ1) is 17.9. The first-order chi connectivity index (χ1) is 11.9. The number of alkyl halides is 3. The van der Waals surface area contributed by atoms with Gasteiger partial charge in [0.2, 0.25) is 0 Å². The number of hydrogen-bond donors (Lipinski definition) is 1. The molecule has 8 heteroatoms. The summed E-state index contributed by atoms with van der Waals surface area (Å²) in [5.74, 6) is 0.757. The summed E-state index contributed by atoms with van der Waals surface area (Å²) in [6, 6.07) is 5.07. The van der Waals surface area contributed by atoms with Gasteiger partial charge in [0, 0.05) is 19.1 Å². The van der Waals surface area contributed by atoms with Crippen LogP contribution in [0, 0.1) is 0 Å². The highest BCUT2D eigenvalue weighted by Crippen LogP contribution is 2.36. The Morgan fingerprint density at radius 1 is 1.32 bits per heavy atom. The predicted octanol–water partition coefficient (Wildman–Crippen LogP) is 3.01. The van der Waals surface area contributed by atoms with Crippen molar-refractivity contribution in [2.75, 3.05) is 6.54 Å². The molecule has 1 aromatic carbocycles. The topological polar surface area (TPSA) is 54.2 Å². The van der Waals surface area contributed by atoms with Crippen LogP contribution in [0.25, 0.3) is 0 Å². The van der Waals surface area contributed by atoms with Crippen LogP contribution in [0.2, 0.25) is 0 Å². The molecule has 1 aromatic heterocycles. The van der Waals surface area contributed by atoms with Gasteiger partial charge >= 0.3 is 6.18 Å². The third-order valence-corrected chi connectivity index (χ3v) is 4.46. The number of aryl methyl sites for hydroxylation is 1. The van der Waals surface area contributed by atoms with Gasteiger partial charge in [-0.1, -0.05) is 19.1 Å². The SMILES string of the molecule is CCCn1ncnc1CN1C[C@@H](O)C[C@@H]1c1cccc(C(F)(F)F)c1. The Labute approximate surface area is 144 Å². The monoisotopic (exact) mass is 354 g/mol. The Bertz CT molecular complexity index is 716. The molecule has 25 heavy (non-hydrogen) atoms. The van der Waals surface area contributed by atoms with E-state index in [2.05, 4.69) is 10.1 Å². The second-order valence-electron chi connectivity index (χ2n) is 6.36. The number of rotatable bonds is 5.